The van der Waals surface area contributed by atoms with Crippen LogP contribution in [0.15, 0.2) is 40.9 Å². The molecule has 0 aliphatic heterocycles. The van der Waals surface area contributed by atoms with Gasteiger partial charge < -0.3 is 15.2 Å². The predicted octanol–water partition coefficient (Wildman–Crippen LogP) is 4.75. The highest BCUT2D eigenvalue weighted by molar-refractivity contribution is 9.10. The molecule has 0 radical (unpaired) electrons. The van der Waals surface area contributed by atoms with Gasteiger partial charge in [0.2, 0.25) is 0 Å². The minimum atomic E-state index is -0.364. The van der Waals surface area contributed by atoms with Gasteiger partial charge in [0.15, 0.2) is 0 Å². The summed E-state index contributed by atoms with van der Waals surface area (Å²) in [5.74, 6) is 1.11. The normalized spacial score (nSPS) is 10.7. The summed E-state index contributed by atoms with van der Waals surface area (Å²) in [6, 6.07) is 9.34. The lowest BCUT2D eigenvalue weighted by Crippen LogP contribution is -2.07. The molecule has 0 unspecified atom stereocenters. The summed E-state index contributed by atoms with van der Waals surface area (Å²) in [5.41, 5.74) is 6.37. The molecule has 20 heavy (non-hydrogen) atoms. The first-order chi connectivity index (χ1) is 9.45. The van der Waals surface area contributed by atoms with Crippen LogP contribution in [0, 0.1) is 5.82 Å². The smallest absolute Gasteiger partial charge is 0.146 e. The molecular weight excluding hydrogens is 325 g/mol. The molecule has 3 nitrogen and oxygen atoms in total. The summed E-state index contributed by atoms with van der Waals surface area (Å²) < 4.78 is 25.1. The number of hydrogen-bond acceptors (Lipinski definition) is 3. The van der Waals surface area contributed by atoms with E-state index in [2.05, 4.69) is 15.9 Å². The molecule has 2 N–H and O–H groups in total. The van der Waals surface area contributed by atoms with Gasteiger partial charge >= 0.3 is 0 Å². The van der Waals surface area contributed by atoms with E-state index in [1.54, 1.807) is 24.3 Å². The van der Waals surface area contributed by atoms with Gasteiger partial charge in [0, 0.05) is 12.1 Å². The lowest BCUT2D eigenvalue weighted by atomic mass is 10.2. The van der Waals surface area contributed by atoms with Crippen molar-refractivity contribution < 1.29 is 13.9 Å². The molecule has 0 bridgehead atoms. The molecule has 0 spiro atoms. The van der Waals surface area contributed by atoms with Crippen molar-refractivity contribution in [2.45, 2.75) is 20.0 Å². The number of halogens is 2. The van der Waals surface area contributed by atoms with Gasteiger partial charge in [-0.15, -0.1) is 0 Å². The monoisotopic (exact) mass is 339 g/mol. The lowest BCUT2D eigenvalue weighted by molar-refractivity contribution is 0.243. The fourth-order valence-corrected chi connectivity index (χ4v) is 1.94. The topological polar surface area (TPSA) is 44.5 Å². The van der Waals surface area contributed by atoms with Crippen molar-refractivity contribution in [3.05, 3.63) is 46.7 Å². The second-order valence-electron chi connectivity index (χ2n) is 4.54. The van der Waals surface area contributed by atoms with E-state index in [9.17, 15) is 4.39 Å². The van der Waals surface area contributed by atoms with Crippen molar-refractivity contribution in [3.63, 3.8) is 0 Å². The fraction of sp³-hybridized carbons (Fsp3) is 0.200. The zero-order valence-corrected chi connectivity index (χ0v) is 12.8. The highest BCUT2D eigenvalue weighted by atomic mass is 79.9. The number of hydrogen-bond donors (Lipinski definition) is 1. The minimum Gasteiger partial charge on any atom is -0.489 e. The first-order valence-corrected chi connectivity index (χ1v) is 6.94. The molecule has 2 rings (SSSR count). The summed E-state index contributed by atoms with van der Waals surface area (Å²) in [5, 5.41) is 0. The van der Waals surface area contributed by atoms with E-state index in [1.165, 1.54) is 12.1 Å². The third-order valence-corrected chi connectivity index (χ3v) is 3.12. The summed E-state index contributed by atoms with van der Waals surface area (Å²) in [4.78, 5) is 0. The minimum absolute atomic E-state index is 0.00783. The summed E-state index contributed by atoms with van der Waals surface area (Å²) in [7, 11) is 0. The lowest BCUT2D eigenvalue weighted by Gasteiger charge is -2.14. The van der Waals surface area contributed by atoms with Crippen molar-refractivity contribution in [2.24, 2.45) is 0 Å². The number of nitrogens with two attached hydrogens (primary N) is 1. The van der Waals surface area contributed by atoms with Crippen LogP contribution >= 0.6 is 15.9 Å². The first-order valence-electron chi connectivity index (χ1n) is 6.15. The van der Waals surface area contributed by atoms with E-state index >= 15 is 0 Å². The Hall–Kier alpha value is -1.75. The Morgan fingerprint density at radius 2 is 1.85 bits per heavy atom. The Bertz CT molecular complexity index is 617. The van der Waals surface area contributed by atoms with E-state index in [-0.39, 0.29) is 11.9 Å². The maximum atomic E-state index is 13.2. The van der Waals surface area contributed by atoms with Crippen LogP contribution in [-0.4, -0.2) is 6.10 Å². The van der Waals surface area contributed by atoms with Crippen LogP contribution in [0.5, 0.6) is 17.2 Å². The molecule has 0 aliphatic rings. The van der Waals surface area contributed by atoms with Crippen LogP contribution in [0.3, 0.4) is 0 Å². The van der Waals surface area contributed by atoms with Crippen LogP contribution in [0.4, 0.5) is 10.1 Å². The molecular formula is C15H15BrFNO2. The Kier molecular flexibility index (Phi) is 4.49. The van der Waals surface area contributed by atoms with Crippen LogP contribution in [0.1, 0.15) is 13.8 Å². The van der Waals surface area contributed by atoms with E-state index in [0.717, 1.165) is 0 Å². The van der Waals surface area contributed by atoms with Crippen molar-refractivity contribution >= 4 is 21.6 Å². The highest BCUT2D eigenvalue weighted by Gasteiger charge is 2.08. The van der Waals surface area contributed by atoms with E-state index < -0.39 is 0 Å². The average molecular weight is 340 g/mol. The van der Waals surface area contributed by atoms with Crippen LogP contribution in [-0.2, 0) is 0 Å². The van der Waals surface area contributed by atoms with E-state index in [1.807, 2.05) is 13.8 Å². The number of nitrogen functional groups attached to an aromatic ring is 1. The number of anilines is 1. The number of ether oxygens (including phenoxy) is 2. The summed E-state index contributed by atoms with van der Waals surface area (Å²) in [6.07, 6.45) is 0.00783. The van der Waals surface area contributed by atoms with Gasteiger partial charge in [-0.05, 0) is 54.0 Å². The average Bonchev–Trinajstić information content (AvgIpc) is 2.37. The fourth-order valence-electron chi connectivity index (χ4n) is 1.62. The zero-order valence-electron chi connectivity index (χ0n) is 11.2. The molecule has 2 aromatic rings. The Labute approximate surface area is 125 Å². The number of rotatable bonds is 4. The molecule has 0 fully saturated rings. The third kappa shape index (κ3) is 3.63. The molecule has 2 aromatic carbocycles. The summed E-state index contributed by atoms with van der Waals surface area (Å²) in [6.45, 7) is 3.83. The molecule has 0 amide bonds. The predicted molar refractivity (Wildman–Crippen MR) is 80.8 cm³/mol. The van der Waals surface area contributed by atoms with Gasteiger partial charge in [0.25, 0.3) is 0 Å². The van der Waals surface area contributed by atoms with Crippen LogP contribution in [0.2, 0.25) is 0 Å². The van der Waals surface area contributed by atoms with Crippen LogP contribution in [0.25, 0.3) is 0 Å². The second kappa shape index (κ2) is 6.13. The van der Waals surface area contributed by atoms with Crippen molar-refractivity contribution in [1.29, 1.82) is 0 Å². The first kappa shape index (κ1) is 14.7. The van der Waals surface area contributed by atoms with Gasteiger partial charge in [0.05, 0.1) is 16.3 Å². The SMILES string of the molecule is CC(C)Oc1cc(Oc2cc(F)ccc2Br)ccc1N. The largest absolute Gasteiger partial charge is 0.489 e. The van der Waals surface area contributed by atoms with Crippen molar-refractivity contribution in [1.82, 2.24) is 0 Å². The zero-order chi connectivity index (χ0) is 14.7. The molecule has 0 atom stereocenters. The van der Waals surface area contributed by atoms with Crippen molar-refractivity contribution in [2.75, 3.05) is 5.73 Å². The molecule has 0 saturated heterocycles. The van der Waals surface area contributed by atoms with E-state index in [4.69, 9.17) is 15.2 Å². The van der Waals surface area contributed by atoms with Gasteiger partial charge in [0.1, 0.15) is 23.1 Å². The van der Waals surface area contributed by atoms with Crippen LogP contribution < -0.4 is 15.2 Å². The molecule has 0 heterocycles. The van der Waals surface area contributed by atoms with Gasteiger partial charge in [-0.2, -0.15) is 0 Å². The standard InChI is InChI=1S/C15H15BrFNO2/c1-9(2)19-15-8-11(4-6-13(15)18)20-14-7-10(17)3-5-12(14)16/h3-9H,18H2,1-2H3. The maximum Gasteiger partial charge on any atom is 0.146 e. The summed E-state index contributed by atoms with van der Waals surface area (Å²) >= 11 is 3.31. The molecule has 0 saturated carbocycles. The second-order valence-corrected chi connectivity index (χ2v) is 5.40. The molecule has 5 heteroatoms. The molecule has 0 aromatic heterocycles. The highest BCUT2D eigenvalue weighted by Crippen LogP contribution is 2.34. The number of benzene rings is 2. The van der Waals surface area contributed by atoms with E-state index in [0.29, 0.717) is 27.4 Å². The molecule has 0 aliphatic carbocycles. The van der Waals surface area contributed by atoms with Gasteiger partial charge in [-0.3, -0.25) is 0 Å². The Morgan fingerprint density at radius 1 is 1.10 bits per heavy atom. The molecule has 106 valence electrons. The maximum absolute atomic E-state index is 13.2. The van der Waals surface area contributed by atoms with Gasteiger partial charge in [-0.25, -0.2) is 4.39 Å². The Morgan fingerprint density at radius 3 is 2.55 bits per heavy atom. The third-order valence-electron chi connectivity index (χ3n) is 2.47. The van der Waals surface area contributed by atoms with Gasteiger partial charge in [-0.1, -0.05) is 0 Å². The Balaban J connectivity index is 2.27. The van der Waals surface area contributed by atoms with Crippen molar-refractivity contribution in [3.8, 4) is 17.2 Å². The quantitative estimate of drug-likeness (QED) is 0.817.